The molecule has 1 aliphatic heterocycles. The number of nitrogens with one attached hydrogen (secondary N) is 2. The summed E-state index contributed by atoms with van der Waals surface area (Å²) in [6, 6.07) is 0.479. The van der Waals surface area contributed by atoms with Crippen molar-refractivity contribution in [2.24, 2.45) is 0 Å². The van der Waals surface area contributed by atoms with Crippen LogP contribution in [0.1, 0.15) is 45.4 Å². The number of thioether (sulfide) groups is 1. The maximum Gasteiger partial charge on any atom is 0.237 e. The highest BCUT2D eigenvalue weighted by atomic mass is 35.5. The van der Waals surface area contributed by atoms with Crippen LogP contribution in [0.2, 0.25) is 0 Å². The zero-order chi connectivity index (χ0) is 12.1. The third-order valence-electron chi connectivity index (χ3n) is 3.79. The van der Waals surface area contributed by atoms with Gasteiger partial charge in [0, 0.05) is 11.3 Å². The van der Waals surface area contributed by atoms with Crippen LogP contribution >= 0.6 is 24.2 Å². The molecule has 1 saturated heterocycles. The van der Waals surface area contributed by atoms with Crippen LogP contribution in [0.4, 0.5) is 0 Å². The second-order valence-electron chi connectivity index (χ2n) is 5.04. The Hall–Kier alpha value is 0.0700. The number of halogens is 1. The van der Waals surface area contributed by atoms with E-state index in [0.29, 0.717) is 11.3 Å². The molecule has 3 atom stereocenters. The zero-order valence-electron chi connectivity index (χ0n) is 11.1. The lowest BCUT2D eigenvalue weighted by Crippen LogP contribution is -2.50. The highest BCUT2D eigenvalue weighted by Crippen LogP contribution is 2.30. The molecule has 0 bridgehead atoms. The predicted molar refractivity (Wildman–Crippen MR) is 80.6 cm³/mol. The fraction of sp³-hybridized carbons (Fsp3) is 0.923. The minimum atomic E-state index is 0. The molecular formula is C13H25ClN2OS. The van der Waals surface area contributed by atoms with Crippen molar-refractivity contribution >= 4 is 30.1 Å². The largest absolute Gasteiger partial charge is 0.351 e. The fourth-order valence-corrected chi connectivity index (χ4v) is 4.06. The standard InChI is InChI=1S/C13H24N2OS.ClH/c1-2-17-12-8-5-7-10(12)15-13(16)11-6-3-4-9-14-11;/h10-12,14H,2-9H2,1H3,(H,15,16);1H/t10?,11-,12?;/m0./s1. The van der Waals surface area contributed by atoms with Crippen LogP contribution in [-0.2, 0) is 4.79 Å². The highest BCUT2D eigenvalue weighted by molar-refractivity contribution is 7.99. The van der Waals surface area contributed by atoms with Gasteiger partial charge in [-0.15, -0.1) is 12.4 Å². The third kappa shape index (κ3) is 4.32. The third-order valence-corrected chi connectivity index (χ3v) is 5.11. The normalized spacial score (nSPS) is 31.7. The van der Waals surface area contributed by atoms with E-state index in [2.05, 4.69) is 17.6 Å². The molecule has 1 amide bonds. The van der Waals surface area contributed by atoms with E-state index < -0.39 is 0 Å². The Kier molecular flexibility index (Phi) is 7.42. The van der Waals surface area contributed by atoms with Gasteiger partial charge in [0.2, 0.25) is 5.91 Å². The lowest BCUT2D eigenvalue weighted by Gasteiger charge is -2.26. The Morgan fingerprint density at radius 2 is 2.11 bits per heavy atom. The number of amides is 1. The number of carbonyl (C=O) groups is 1. The van der Waals surface area contributed by atoms with Crippen LogP contribution in [0.15, 0.2) is 0 Å². The first-order valence-electron chi connectivity index (χ1n) is 6.96. The van der Waals surface area contributed by atoms with E-state index in [4.69, 9.17) is 0 Å². The Morgan fingerprint density at radius 3 is 2.78 bits per heavy atom. The molecule has 1 aliphatic carbocycles. The molecule has 0 aromatic heterocycles. The van der Waals surface area contributed by atoms with Crippen molar-refractivity contribution in [3.63, 3.8) is 0 Å². The average Bonchev–Trinajstić information content (AvgIpc) is 2.78. The number of hydrogen-bond acceptors (Lipinski definition) is 3. The van der Waals surface area contributed by atoms with Crippen LogP contribution in [0.3, 0.4) is 0 Å². The molecule has 2 unspecified atom stereocenters. The first-order valence-corrected chi connectivity index (χ1v) is 8.01. The molecule has 2 fully saturated rings. The molecule has 1 heterocycles. The number of rotatable bonds is 4. The van der Waals surface area contributed by atoms with E-state index in [1.54, 1.807) is 0 Å². The summed E-state index contributed by atoms with van der Waals surface area (Å²) in [6.07, 6.45) is 7.09. The monoisotopic (exact) mass is 292 g/mol. The van der Waals surface area contributed by atoms with Gasteiger partial charge in [-0.1, -0.05) is 19.8 Å². The summed E-state index contributed by atoms with van der Waals surface area (Å²) in [6.45, 7) is 3.19. The molecule has 3 nitrogen and oxygen atoms in total. The molecule has 2 N–H and O–H groups in total. The molecule has 106 valence electrons. The van der Waals surface area contributed by atoms with E-state index in [9.17, 15) is 4.79 Å². The summed E-state index contributed by atoms with van der Waals surface area (Å²) in [4.78, 5) is 12.1. The minimum Gasteiger partial charge on any atom is -0.351 e. The van der Waals surface area contributed by atoms with E-state index in [1.807, 2.05) is 11.8 Å². The second kappa shape index (κ2) is 8.28. The Morgan fingerprint density at radius 1 is 1.28 bits per heavy atom. The highest BCUT2D eigenvalue weighted by Gasteiger charge is 2.30. The lowest BCUT2D eigenvalue weighted by atomic mass is 10.0. The van der Waals surface area contributed by atoms with Crippen molar-refractivity contribution in [2.45, 2.75) is 62.8 Å². The second-order valence-corrected chi connectivity index (χ2v) is 6.56. The number of carbonyl (C=O) groups excluding carboxylic acids is 1. The van der Waals surface area contributed by atoms with Gasteiger partial charge in [-0.2, -0.15) is 11.8 Å². The van der Waals surface area contributed by atoms with Gasteiger partial charge in [0.05, 0.1) is 6.04 Å². The lowest BCUT2D eigenvalue weighted by molar-refractivity contribution is -0.124. The molecule has 0 aromatic carbocycles. The first-order chi connectivity index (χ1) is 8.31. The summed E-state index contributed by atoms with van der Waals surface area (Å²) in [5.41, 5.74) is 0. The van der Waals surface area contributed by atoms with Gasteiger partial charge in [0.25, 0.3) is 0 Å². The van der Waals surface area contributed by atoms with Crippen LogP contribution in [0.25, 0.3) is 0 Å². The summed E-state index contributed by atoms with van der Waals surface area (Å²) in [5, 5.41) is 7.23. The quantitative estimate of drug-likeness (QED) is 0.836. The molecule has 1 saturated carbocycles. The number of hydrogen-bond donors (Lipinski definition) is 2. The van der Waals surface area contributed by atoms with Gasteiger partial charge in [0.15, 0.2) is 0 Å². The van der Waals surface area contributed by atoms with Crippen molar-refractivity contribution in [1.29, 1.82) is 0 Å². The smallest absolute Gasteiger partial charge is 0.237 e. The maximum atomic E-state index is 12.1. The van der Waals surface area contributed by atoms with E-state index >= 15 is 0 Å². The molecular weight excluding hydrogens is 268 g/mol. The zero-order valence-corrected chi connectivity index (χ0v) is 12.7. The van der Waals surface area contributed by atoms with Crippen molar-refractivity contribution < 1.29 is 4.79 Å². The van der Waals surface area contributed by atoms with Gasteiger partial charge in [0.1, 0.15) is 0 Å². The molecule has 18 heavy (non-hydrogen) atoms. The Bertz CT molecular complexity index is 259. The summed E-state index contributed by atoms with van der Waals surface area (Å²) < 4.78 is 0. The van der Waals surface area contributed by atoms with Crippen molar-refractivity contribution in [3.05, 3.63) is 0 Å². The van der Waals surface area contributed by atoms with Crippen molar-refractivity contribution in [1.82, 2.24) is 10.6 Å². The molecule has 5 heteroatoms. The van der Waals surface area contributed by atoms with Gasteiger partial charge in [-0.25, -0.2) is 0 Å². The summed E-state index contributed by atoms with van der Waals surface area (Å²) in [7, 11) is 0. The molecule has 0 radical (unpaired) electrons. The maximum absolute atomic E-state index is 12.1. The van der Waals surface area contributed by atoms with Crippen LogP contribution < -0.4 is 10.6 Å². The SMILES string of the molecule is CCSC1CCCC1NC(=O)[C@@H]1CCCCN1.Cl. The topological polar surface area (TPSA) is 41.1 Å². The molecule has 0 spiro atoms. The van der Waals surface area contributed by atoms with Gasteiger partial charge < -0.3 is 10.6 Å². The predicted octanol–water partition coefficient (Wildman–Crippen LogP) is 2.34. The first kappa shape index (κ1) is 16.1. The number of piperidine rings is 1. The van der Waals surface area contributed by atoms with Crippen molar-refractivity contribution in [3.8, 4) is 0 Å². The molecule has 0 aromatic rings. The van der Waals surface area contributed by atoms with E-state index in [-0.39, 0.29) is 24.4 Å². The van der Waals surface area contributed by atoms with Crippen molar-refractivity contribution in [2.75, 3.05) is 12.3 Å². The fourth-order valence-electron chi connectivity index (χ4n) is 2.86. The van der Waals surface area contributed by atoms with Crippen LogP contribution in [-0.4, -0.2) is 35.5 Å². The Labute approximate surface area is 121 Å². The van der Waals surface area contributed by atoms with E-state index in [1.165, 1.54) is 25.7 Å². The summed E-state index contributed by atoms with van der Waals surface area (Å²) in [5.74, 6) is 1.39. The summed E-state index contributed by atoms with van der Waals surface area (Å²) >= 11 is 2.00. The van der Waals surface area contributed by atoms with Crippen LogP contribution in [0, 0.1) is 0 Å². The van der Waals surface area contributed by atoms with E-state index in [0.717, 1.165) is 25.1 Å². The van der Waals surface area contributed by atoms with Gasteiger partial charge in [-0.05, 0) is 38.0 Å². The Balaban J connectivity index is 0.00000162. The van der Waals surface area contributed by atoms with Gasteiger partial charge >= 0.3 is 0 Å². The average molecular weight is 293 g/mol. The van der Waals surface area contributed by atoms with Gasteiger partial charge in [-0.3, -0.25) is 4.79 Å². The van der Waals surface area contributed by atoms with Crippen LogP contribution in [0.5, 0.6) is 0 Å². The minimum absolute atomic E-state index is 0. The molecule has 2 rings (SSSR count). The molecule has 2 aliphatic rings.